The SMILES string of the molecule is CC(C)(C)P(c1ccccc1C1C=CC=CC1)C(C)(C)C. The van der Waals surface area contributed by atoms with Crippen LogP contribution in [0.1, 0.15) is 59.4 Å². The van der Waals surface area contributed by atoms with E-state index < -0.39 is 0 Å². The molecule has 1 aromatic carbocycles. The molecule has 1 aromatic rings. The first-order valence-corrected chi connectivity index (χ1v) is 9.28. The molecule has 114 valence electrons. The smallest absolute Gasteiger partial charge is 0.00620 e. The molecule has 0 aromatic heterocycles. The van der Waals surface area contributed by atoms with Crippen molar-refractivity contribution in [3.05, 3.63) is 54.1 Å². The zero-order chi connectivity index (χ0) is 15.7. The summed E-state index contributed by atoms with van der Waals surface area (Å²) in [4.78, 5) is 0. The molecule has 2 rings (SSSR count). The van der Waals surface area contributed by atoms with Crippen LogP contribution in [0.2, 0.25) is 0 Å². The Morgan fingerprint density at radius 1 is 0.905 bits per heavy atom. The minimum absolute atomic E-state index is 0.241. The molecular weight excluding hydrogens is 271 g/mol. The Morgan fingerprint density at radius 2 is 1.52 bits per heavy atom. The maximum absolute atomic E-state index is 2.40. The summed E-state index contributed by atoms with van der Waals surface area (Å²) in [6.07, 6.45) is 10.1. The number of allylic oxidation sites excluding steroid dienone is 4. The van der Waals surface area contributed by atoms with E-state index in [1.165, 1.54) is 5.56 Å². The highest BCUT2D eigenvalue weighted by Gasteiger charge is 2.37. The van der Waals surface area contributed by atoms with Crippen molar-refractivity contribution >= 4 is 13.2 Å². The summed E-state index contributed by atoms with van der Waals surface area (Å²) in [5.41, 5.74) is 1.54. The molecular formula is C20H29P. The van der Waals surface area contributed by atoms with Crippen molar-refractivity contribution in [1.29, 1.82) is 0 Å². The van der Waals surface area contributed by atoms with Gasteiger partial charge in [0.2, 0.25) is 0 Å². The number of rotatable bonds is 2. The Balaban J connectivity index is 2.52. The third-order valence-corrected chi connectivity index (χ3v) is 7.47. The van der Waals surface area contributed by atoms with E-state index in [2.05, 4.69) is 90.1 Å². The lowest BCUT2D eigenvalue weighted by molar-refractivity contribution is 0.713. The van der Waals surface area contributed by atoms with Gasteiger partial charge in [-0.1, -0.05) is 98.0 Å². The van der Waals surface area contributed by atoms with Crippen LogP contribution in [-0.2, 0) is 0 Å². The van der Waals surface area contributed by atoms with E-state index in [1.807, 2.05) is 0 Å². The molecule has 0 N–H and O–H groups in total. The molecule has 0 nitrogen and oxygen atoms in total. The van der Waals surface area contributed by atoms with Gasteiger partial charge in [0.05, 0.1) is 0 Å². The number of hydrogen-bond donors (Lipinski definition) is 0. The summed E-state index contributed by atoms with van der Waals surface area (Å²) < 4.78 is 0. The van der Waals surface area contributed by atoms with Crippen molar-refractivity contribution in [2.24, 2.45) is 0 Å². The van der Waals surface area contributed by atoms with E-state index in [0.29, 0.717) is 16.2 Å². The molecule has 21 heavy (non-hydrogen) atoms. The average molecular weight is 300 g/mol. The van der Waals surface area contributed by atoms with Crippen molar-refractivity contribution in [1.82, 2.24) is 0 Å². The monoisotopic (exact) mass is 300 g/mol. The summed E-state index contributed by atoms with van der Waals surface area (Å²) in [7, 11) is -0.241. The molecule has 0 aliphatic heterocycles. The Morgan fingerprint density at radius 3 is 2.05 bits per heavy atom. The van der Waals surface area contributed by atoms with E-state index in [-0.39, 0.29) is 7.92 Å². The molecule has 1 heteroatoms. The average Bonchev–Trinajstić information content (AvgIpc) is 2.37. The Bertz CT molecular complexity index is 524. The third kappa shape index (κ3) is 3.86. The summed E-state index contributed by atoms with van der Waals surface area (Å²) in [5, 5.41) is 2.23. The van der Waals surface area contributed by atoms with E-state index >= 15 is 0 Å². The predicted octanol–water partition coefficient (Wildman–Crippen LogP) is 5.99. The lowest BCUT2D eigenvalue weighted by atomic mass is 9.93. The molecule has 0 amide bonds. The minimum Gasteiger partial charge on any atom is -0.0836 e. The first-order chi connectivity index (χ1) is 9.71. The topological polar surface area (TPSA) is 0 Å². The van der Waals surface area contributed by atoms with Gasteiger partial charge in [-0.15, -0.1) is 0 Å². The highest BCUT2D eigenvalue weighted by atomic mass is 31.1. The van der Waals surface area contributed by atoms with Gasteiger partial charge in [0, 0.05) is 5.92 Å². The van der Waals surface area contributed by atoms with E-state index in [1.54, 1.807) is 5.30 Å². The van der Waals surface area contributed by atoms with Crippen LogP contribution in [0.15, 0.2) is 48.6 Å². The van der Waals surface area contributed by atoms with Gasteiger partial charge in [-0.3, -0.25) is 0 Å². The number of hydrogen-bond acceptors (Lipinski definition) is 0. The van der Waals surface area contributed by atoms with Gasteiger partial charge in [-0.25, -0.2) is 0 Å². The third-order valence-electron chi connectivity index (χ3n) is 3.90. The van der Waals surface area contributed by atoms with Gasteiger partial charge in [0.15, 0.2) is 0 Å². The quantitative estimate of drug-likeness (QED) is 0.588. The van der Waals surface area contributed by atoms with Crippen LogP contribution in [-0.4, -0.2) is 10.3 Å². The molecule has 0 fully saturated rings. The molecule has 0 spiro atoms. The van der Waals surface area contributed by atoms with Crippen LogP contribution >= 0.6 is 7.92 Å². The lowest BCUT2D eigenvalue weighted by Gasteiger charge is -2.43. The van der Waals surface area contributed by atoms with E-state index in [9.17, 15) is 0 Å². The second-order valence-electron chi connectivity index (χ2n) is 7.89. The van der Waals surface area contributed by atoms with Crippen molar-refractivity contribution in [2.75, 3.05) is 0 Å². The van der Waals surface area contributed by atoms with Crippen LogP contribution in [0.5, 0.6) is 0 Å². The van der Waals surface area contributed by atoms with Crippen molar-refractivity contribution in [3.63, 3.8) is 0 Å². The first kappa shape index (κ1) is 16.5. The van der Waals surface area contributed by atoms with Crippen molar-refractivity contribution < 1.29 is 0 Å². The van der Waals surface area contributed by atoms with Crippen molar-refractivity contribution in [3.8, 4) is 0 Å². The van der Waals surface area contributed by atoms with Gasteiger partial charge >= 0.3 is 0 Å². The minimum atomic E-state index is -0.241. The predicted molar refractivity (Wildman–Crippen MR) is 98.1 cm³/mol. The summed E-state index contributed by atoms with van der Waals surface area (Å²) >= 11 is 0. The van der Waals surface area contributed by atoms with Gasteiger partial charge in [0.1, 0.15) is 0 Å². The van der Waals surface area contributed by atoms with Gasteiger partial charge in [-0.2, -0.15) is 0 Å². The second-order valence-corrected chi connectivity index (χ2v) is 11.7. The fourth-order valence-electron chi connectivity index (χ4n) is 3.54. The Kier molecular flexibility index (Phi) is 4.79. The van der Waals surface area contributed by atoms with Gasteiger partial charge < -0.3 is 0 Å². The zero-order valence-electron chi connectivity index (χ0n) is 14.4. The maximum Gasteiger partial charge on any atom is 0.00620 e. The van der Waals surface area contributed by atoms with Crippen LogP contribution in [0.4, 0.5) is 0 Å². The van der Waals surface area contributed by atoms with Gasteiger partial charge in [-0.05, 0) is 27.6 Å². The largest absolute Gasteiger partial charge is 0.0836 e. The molecule has 1 aliphatic rings. The summed E-state index contributed by atoms with van der Waals surface area (Å²) in [6.45, 7) is 14.4. The van der Waals surface area contributed by atoms with Crippen molar-refractivity contribution in [2.45, 2.75) is 64.2 Å². The van der Waals surface area contributed by atoms with Gasteiger partial charge in [0.25, 0.3) is 0 Å². The normalized spacial score (nSPS) is 19.3. The molecule has 1 atom stereocenters. The van der Waals surface area contributed by atoms with Crippen LogP contribution < -0.4 is 5.30 Å². The Hall–Kier alpha value is -0.870. The molecule has 1 aliphatic carbocycles. The highest BCUT2D eigenvalue weighted by molar-refractivity contribution is 7.68. The van der Waals surface area contributed by atoms with Crippen LogP contribution in [0, 0.1) is 0 Å². The zero-order valence-corrected chi connectivity index (χ0v) is 15.2. The lowest BCUT2D eigenvalue weighted by Crippen LogP contribution is -2.33. The molecule has 1 unspecified atom stereocenters. The molecule has 0 radical (unpaired) electrons. The summed E-state index contributed by atoms with van der Waals surface area (Å²) in [6, 6.07) is 9.14. The fraction of sp³-hybridized carbons (Fsp3) is 0.500. The van der Waals surface area contributed by atoms with Crippen LogP contribution in [0.3, 0.4) is 0 Å². The summed E-state index contributed by atoms with van der Waals surface area (Å²) in [5.74, 6) is 0.542. The standard InChI is InChI=1S/C20H29P/c1-19(2,3)21(20(4,5)6)18-15-11-10-14-17(18)16-12-8-7-9-13-16/h7-12,14-16H,13H2,1-6H3. The fourth-order valence-corrected chi connectivity index (χ4v) is 7.74. The molecule has 0 heterocycles. The highest BCUT2D eigenvalue weighted by Crippen LogP contribution is 2.59. The molecule has 0 saturated carbocycles. The first-order valence-electron chi connectivity index (χ1n) is 7.94. The maximum atomic E-state index is 2.40. The van der Waals surface area contributed by atoms with E-state index in [0.717, 1.165) is 6.42 Å². The van der Waals surface area contributed by atoms with Crippen LogP contribution in [0.25, 0.3) is 0 Å². The second kappa shape index (κ2) is 6.09. The number of benzene rings is 1. The Labute approximate surface area is 132 Å². The van der Waals surface area contributed by atoms with E-state index in [4.69, 9.17) is 0 Å². The molecule has 0 saturated heterocycles. The molecule has 0 bridgehead atoms.